The minimum absolute atomic E-state index is 0.0415. The van der Waals surface area contributed by atoms with Crippen molar-refractivity contribution in [1.82, 2.24) is 0 Å². The number of carbonyl (C=O) groups is 2. The fourth-order valence-electron chi connectivity index (χ4n) is 2.87. The van der Waals surface area contributed by atoms with Gasteiger partial charge in [0.1, 0.15) is 11.3 Å². The SMILES string of the molecule is CC1=C(C)C(O)=C(C(=O)/C=C/C2CCCCC2)C(=O)C1. The zero-order chi connectivity index (χ0) is 14.7. The number of carbonyl (C=O) groups excluding carboxylic acids is 2. The quantitative estimate of drug-likeness (QED) is 0.629. The molecule has 0 atom stereocenters. The van der Waals surface area contributed by atoms with Gasteiger partial charge in [-0.2, -0.15) is 0 Å². The van der Waals surface area contributed by atoms with Gasteiger partial charge in [0.25, 0.3) is 0 Å². The predicted octanol–water partition coefficient (Wildman–Crippen LogP) is 3.81. The number of hydrogen-bond donors (Lipinski definition) is 1. The van der Waals surface area contributed by atoms with Crippen molar-refractivity contribution in [3.8, 4) is 0 Å². The molecule has 0 radical (unpaired) electrons. The molecule has 0 aromatic heterocycles. The van der Waals surface area contributed by atoms with Crippen LogP contribution >= 0.6 is 0 Å². The van der Waals surface area contributed by atoms with E-state index in [4.69, 9.17) is 0 Å². The van der Waals surface area contributed by atoms with Gasteiger partial charge in [-0.25, -0.2) is 0 Å². The third-order valence-corrected chi connectivity index (χ3v) is 4.35. The third-order valence-electron chi connectivity index (χ3n) is 4.35. The Balaban J connectivity index is 2.15. The summed E-state index contributed by atoms with van der Waals surface area (Å²) in [5.41, 5.74) is 1.44. The van der Waals surface area contributed by atoms with E-state index >= 15 is 0 Å². The summed E-state index contributed by atoms with van der Waals surface area (Å²) >= 11 is 0. The fourth-order valence-corrected chi connectivity index (χ4v) is 2.87. The van der Waals surface area contributed by atoms with Crippen molar-refractivity contribution in [1.29, 1.82) is 0 Å². The second kappa shape index (κ2) is 6.21. The van der Waals surface area contributed by atoms with Crippen LogP contribution in [0.4, 0.5) is 0 Å². The molecule has 0 spiro atoms. The number of aliphatic hydroxyl groups excluding tert-OH is 1. The molecule has 1 saturated carbocycles. The molecule has 108 valence electrons. The van der Waals surface area contributed by atoms with Gasteiger partial charge in [0, 0.05) is 6.42 Å². The van der Waals surface area contributed by atoms with Crippen molar-refractivity contribution < 1.29 is 14.7 Å². The van der Waals surface area contributed by atoms with Gasteiger partial charge < -0.3 is 5.11 Å². The van der Waals surface area contributed by atoms with Crippen molar-refractivity contribution in [3.05, 3.63) is 34.6 Å². The molecule has 0 aromatic carbocycles. The maximum Gasteiger partial charge on any atom is 0.192 e. The van der Waals surface area contributed by atoms with E-state index in [-0.39, 0.29) is 29.3 Å². The van der Waals surface area contributed by atoms with Crippen molar-refractivity contribution in [2.75, 3.05) is 0 Å². The highest BCUT2D eigenvalue weighted by Crippen LogP contribution is 2.28. The molecule has 20 heavy (non-hydrogen) atoms. The minimum Gasteiger partial charge on any atom is -0.507 e. The van der Waals surface area contributed by atoms with Gasteiger partial charge in [-0.15, -0.1) is 0 Å². The summed E-state index contributed by atoms with van der Waals surface area (Å²) < 4.78 is 0. The van der Waals surface area contributed by atoms with E-state index in [1.807, 2.05) is 13.0 Å². The smallest absolute Gasteiger partial charge is 0.192 e. The molecule has 0 bridgehead atoms. The standard InChI is InChI=1S/C17H22O3/c1-11-10-15(19)16(17(20)12(11)2)14(18)9-8-13-6-4-3-5-7-13/h8-9,13,20H,3-7,10H2,1-2H3/b9-8+. The Bertz CT molecular complexity index is 514. The highest BCUT2D eigenvalue weighted by atomic mass is 16.3. The summed E-state index contributed by atoms with van der Waals surface area (Å²) in [7, 11) is 0. The number of hydrogen-bond acceptors (Lipinski definition) is 3. The van der Waals surface area contributed by atoms with Crippen LogP contribution in [0.3, 0.4) is 0 Å². The Labute approximate surface area is 120 Å². The van der Waals surface area contributed by atoms with E-state index in [1.165, 1.54) is 25.3 Å². The summed E-state index contributed by atoms with van der Waals surface area (Å²) in [5, 5.41) is 10.0. The third kappa shape index (κ3) is 3.09. The van der Waals surface area contributed by atoms with Crippen LogP contribution in [-0.2, 0) is 9.59 Å². The summed E-state index contributed by atoms with van der Waals surface area (Å²) in [6.07, 6.45) is 9.53. The Morgan fingerprint density at radius 2 is 1.85 bits per heavy atom. The van der Waals surface area contributed by atoms with Crippen LogP contribution in [0.5, 0.6) is 0 Å². The normalized spacial score (nSPS) is 22.0. The van der Waals surface area contributed by atoms with Crippen LogP contribution in [0.25, 0.3) is 0 Å². The minimum atomic E-state index is -0.357. The Kier molecular flexibility index (Phi) is 4.58. The lowest BCUT2D eigenvalue weighted by Crippen LogP contribution is -2.19. The highest BCUT2D eigenvalue weighted by molar-refractivity contribution is 6.25. The van der Waals surface area contributed by atoms with Gasteiger partial charge in [0.2, 0.25) is 0 Å². The second-order valence-corrected chi connectivity index (χ2v) is 5.85. The van der Waals surface area contributed by atoms with Gasteiger partial charge in [-0.1, -0.05) is 30.9 Å². The lowest BCUT2D eigenvalue weighted by molar-refractivity contribution is -0.119. The van der Waals surface area contributed by atoms with E-state index in [9.17, 15) is 14.7 Å². The van der Waals surface area contributed by atoms with Crippen LogP contribution in [0.2, 0.25) is 0 Å². The number of ketones is 2. The molecule has 2 rings (SSSR count). The average molecular weight is 274 g/mol. The Morgan fingerprint density at radius 1 is 1.20 bits per heavy atom. The molecule has 1 N–H and O–H groups in total. The zero-order valence-electron chi connectivity index (χ0n) is 12.2. The van der Waals surface area contributed by atoms with Crippen LogP contribution in [0.1, 0.15) is 52.4 Å². The molecule has 0 amide bonds. The molecular weight excluding hydrogens is 252 g/mol. The lowest BCUT2D eigenvalue weighted by atomic mass is 9.86. The molecule has 0 unspecified atom stereocenters. The fraction of sp³-hybridized carbons (Fsp3) is 0.529. The first kappa shape index (κ1) is 14.8. The number of Topliss-reactive ketones (excluding diaryl/α,β-unsaturated/α-hetero) is 1. The molecule has 2 aliphatic rings. The summed E-state index contributed by atoms with van der Waals surface area (Å²) in [6, 6.07) is 0. The first-order chi connectivity index (χ1) is 9.50. The largest absolute Gasteiger partial charge is 0.507 e. The van der Waals surface area contributed by atoms with Gasteiger partial charge in [0.05, 0.1) is 0 Å². The van der Waals surface area contributed by atoms with Gasteiger partial charge in [-0.3, -0.25) is 9.59 Å². The molecule has 2 aliphatic carbocycles. The Hall–Kier alpha value is -1.64. The van der Waals surface area contributed by atoms with Crippen LogP contribution in [0, 0.1) is 5.92 Å². The van der Waals surface area contributed by atoms with E-state index in [1.54, 1.807) is 6.92 Å². The highest BCUT2D eigenvalue weighted by Gasteiger charge is 2.27. The zero-order valence-corrected chi connectivity index (χ0v) is 12.2. The van der Waals surface area contributed by atoms with E-state index < -0.39 is 0 Å². The van der Waals surface area contributed by atoms with Crippen molar-refractivity contribution in [2.45, 2.75) is 52.4 Å². The number of allylic oxidation sites excluding steroid dienone is 5. The predicted molar refractivity (Wildman–Crippen MR) is 78.4 cm³/mol. The van der Waals surface area contributed by atoms with Gasteiger partial charge in [0.15, 0.2) is 11.6 Å². The molecular formula is C17H22O3. The topological polar surface area (TPSA) is 54.4 Å². The summed E-state index contributed by atoms with van der Waals surface area (Å²) in [4.78, 5) is 24.1. The van der Waals surface area contributed by atoms with Crippen molar-refractivity contribution in [2.24, 2.45) is 5.92 Å². The van der Waals surface area contributed by atoms with E-state index in [0.29, 0.717) is 11.5 Å². The summed E-state index contributed by atoms with van der Waals surface area (Å²) in [5.74, 6) is -0.335. The molecule has 0 aliphatic heterocycles. The molecule has 3 nitrogen and oxygen atoms in total. The Morgan fingerprint density at radius 3 is 2.50 bits per heavy atom. The average Bonchev–Trinajstić information content (AvgIpc) is 2.44. The first-order valence-electron chi connectivity index (χ1n) is 7.36. The summed E-state index contributed by atoms with van der Waals surface area (Å²) in [6.45, 7) is 3.55. The monoisotopic (exact) mass is 274 g/mol. The lowest BCUT2D eigenvalue weighted by Gasteiger charge is -2.18. The molecule has 3 heteroatoms. The van der Waals surface area contributed by atoms with Gasteiger partial charge >= 0.3 is 0 Å². The van der Waals surface area contributed by atoms with Crippen LogP contribution < -0.4 is 0 Å². The second-order valence-electron chi connectivity index (χ2n) is 5.85. The molecule has 0 saturated heterocycles. The van der Waals surface area contributed by atoms with E-state index in [2.05, 4.69) is 0 Å². The van der Waals surface area contributed by atoms with E-state index in [0.717, 1.165) is 18.4 Å². The number of aliphatic hydroxyl groups is 1. The molecule has 0 aromatic rings. The maximum atomic E-state index is 12.2. The van der Waals surface area contributed by atoms with Crippen molar-refractivity contribution in [3.63, 3.8) is 0 Å². The maximum absolute atomic E-state index is 12.2. The number of rotatable bonds is 3. The molecule has 0 heterocycles. The first-order valence-corrected chi connectivity index (χ1v) is 7.36. The van der Waals surface area contributed by atoms with Gasteiger partial charge in [-0.05, 0) is 44.3 Å². The van der Waals surface area contributed by atoms with Crippen molar-refractivity contribution >= 4 is 11.6 Å². The van der Waals surface area contributed by atoms with Crippen LogP contribution in [0.15, 0.2) is 34.6 Å². The van der Waals surface area contributed by atoms with Crippen LogP contribution in [-0.4, -0.2) is 16.7 Å². The molecule has 1 fully saturated rings.